The lowest BCUT2D eigenvalue weighted by molar-refractivity contribution is -0.128. The van der Waals surface area contributed by atoms with Crippen molar-refractivity contribution in [2.24, 2.45) is 0 Å². The van der Waals surface area contributed by atoms with Crippen LogP contribution in [0.4, 0.5) is 0 Å². The molecule has 1 fully saturated rings. The maximum atomic E-state index is 12.3. The van der Waals surface area contributed by atoms with Crippen molar-refractivity contribution in [2.45, 2.75) is 11.9 Å². The number of methoxy groups -OCH3 is 2. The molecule has 0 aliphatic carbocycles. The lowest BCUT2D eigenvalue weighted by Gasteiger charge is -2.25. The third-order valence-corrected chi connectivity index (χ3v) is 5.67. The van der Waals surface area contributed by atoms with E-state index in [4.69, 9.17) is 9.47 Å². The fourth-order valence-corrected chi connectivity index (χ4v) is 4.47. The van der Waals surface area contributed by atoms with Gasteiger partial charge in [-0.05, 0) is 17.5 Å². The van der Waals surface area contributed by atoms with Crippen LogP contribution in [0.1, 0.15) is 15.8 Å². The van der Waals surface area contributed by atoms with Gasteiger partial charge in [-0.25, -0.2) is 0 Å². The number of ether oxygens (including phenoxy) is 2. The number of rotatable bonds is 5. The minimum absolute atomic E-state index is 0.0420. The first-order valence-electron chi connectivity index (χ1n) is 6.89. The van der Waals surface area contributed by atoms with Crippen molar-refractivity contribution in [3.05, 3.63) is 46.2 Å². The normalized spacial score (nSPS) is 17.8. The van der Waals surface area contributed by atoms with E-state index in [-0.39, 0.29) is 11.3 Å². The van der Waals surface area contributed by atoms with E-state index in [1.54, 1.807) is 37.3 Å². The molecule has 1 amide bonds. The van der Waals surface area contributed by atoms with Crippen molar-refractivity contribution in [2.75, 3.05) is 20.0 Å². The number of benzene rings is 1. The standard InChI is InChI=1S/C16H17NO3S2/c1-19-13-7-3-6-12(15(13)20-2)16-17(14(18)10-22-16)9-11-5-4-8-21-11/h3-8,16H,9-10H2,1-2H3. The Labute approximate surface area is 138 Å². The van der Waals surface area contributed by atoms with Gasteiger partial charge in [0.1, 0.15) is 5.37 Å². The minimum atomic E-state index is -0.0420. The summed E-state index contributed by atoms with van der Waals surface area (Å²) in [6.45, 7) is 0.633. The number of carbonyl (C=O) groups is 1. The zero-order valence-electron chi connectivity index (χ0n) is 12.4. The highest BCUT2D eigenvalue weighted by Crippen LogP contribution is 2.46. The van der Waals surface area contributed by atoms with Crippen LogP contribution >= 0.6 is 23.1 Å². The molecule has 4 nitrogen and oxygen atoms in total. The third kappa shape index (κ3) is 2.80. The molecule has 1 saturated heterocycles. The number of thiophene rings is 1. The summed E-state index contributed by atoms with van der Waals surface area (Å²) in [7, 11) is 3.25. The molecule has 6 heteroatoms. The Morgan fingerprint density at radius 2 is 2.09 bits per heavy atom. The zero-order chi connectivity index (χ0) is 15.5. The Bertz CT molecular complexity index is 657. The summed E-state index contributed by atoms with van der Waals surface area (Å²) in [6, 6.07) is 9.87. The van der Waals surface area contributed by atoms with Crippen LogP contribution in [-0.4, -0.2) is 30.8 Å². The maximum Gasteiger partial charge on any atom is 0.234 e. The highest BCUT2D eigenvalue weighted by molar-refractivity contribution is 8.00. The van der Waals surface area contributed by atoms with E-state index in [1.807, 2.05) is 34.5 Å². The first kappa shape index (κ1) is 15.2. The second-order valence-corrected chi connectivity index (χ2v) is 6.95. The van der Waals surface area contributed by atoms with Gasteiger partial charge in [-0.3, -0.25) is 4.79 Å². The van der Waals surface area contributed by atoms with Gasteiger partial charge in [0.15, 0.2) is 11.5 Å². The topological polar surface area (TPSA) is 38.8 Å². The number of hydrogen-bond donors (Lipinski definition) is 0. The second kappa shape index (κ2) is 6.62. The molecule has 1 unspecified atom stereocenters. The molecule has 0 N–H and O–H groups in total. The molecule has 1 aliphatic rings. The molecular formula is C16H17NO3S2. The molecule has 116 valence electrons. The molecule has 1 aliphatic heterocycles. The Balaban J connectivity index is 1.94. The maximum absolute atomic E-state index is 12.3. The average Bonchev–Trinajstić information content (AvgIpc) is 3.18. The number of thioether (sulfide) groups is 1. The summed E-state index contributed by atoms with van der Waals surface area (Å²) in [5.41, 5.74) is 0.981. The lowest BCUT2D eigenvalue weighted by Crippen LogP contribution is -2.27. The van der Waals surface area contributed by atoms with Gasteiger partial charge in [0.25, 0.3) is 0 Å². The van der Waals surface area contributed by atoms with Gasteiger partial charge in [0.2, 0.25) is 5.91 Å². The van der Waals surface area contributed by atoms with Gasteiger partial charge in [0.05, 0.1) is 26.5 Å². The molecule has 0 radical (unpaired) electrons. The number of hydrogen-bond acceptors (Lipinski definition) is 5. The number of para-hydroxylation sites is 1. The van der Waals surface area contributed by atoms with E-state index >= 15 is 0 Å². The third-order valence-electron chi connectivity index (χ3n) is 3.57. The molecule has 1 atom stereocenters. The molecule has 3 rings (SSSR count). The summed E-state index contributed by atoms with van der Waals surface area (Å²) >= 11 is 3.30. The molecule has 0 bridgehead atoms. The monoisotopic (exact) mass is 335 g/mol. The van der Waals surface area contributed by atoms with Crippen LogP contribution in [0, 0.1) is 0 Å². The quantitative estimate of drug-likeness (QED) is 0.838. The van der Waals surface area contributed by atoms with Crippen molar-refractivity contribution >= 4 is 29.0 Å². The largest absolute Gasteiger partial charge is 0.493 e. The zero-order valence-corrected chi connectivity index (χ0v) is 14.1. The van der Waals surface area contributed by atoms with Crippen molar-refractivity contribution in [1.82, 2.24) is 4.90 Å². The Kier molecular flexibility index (Phi) is 4.59. The van der Waals surface area contributed by atoms with Crippen molar-refractivity contribution in [1.29, 1.82) is 0 Å². The fraction of sp³-hybridized carbons (Fsp3) is 0.312. The predicted molar refractivity (Wildman–Crippen MR) is 89.6 cm³/mol. The second-order valence-electron chi connectivity index (χ2n) is 4.85. The molecule has 0 saturated carbocycles. The van der Waals surface area contributed by atoms with Crippen molar-refractivity contribution in [3.8, 4) is 11.5 Å². The van der Waals surface area contributed by atoms with Crippen LogP contribution in [0.15, 0.2) is 35.7 Å². The minimum Gasteiger partial charge on any atom is -0.493 e. The molecule has 2 heterocycles. The van der Waals surface area contributed by atoms with E-state index < -0.39 is 0 Å². The van der Waals surface area contributed by atoms with E-state index in [0.717, 1.165) is 5.56 Å². The van der Waals surface area contributed by atoms with Crippen LogP contribution in [-0.2, 0) is 11.3 Å². The van der Waals surface area contributed by atoms with Crippen LogP contribution in [0.25, 0.3) is 0 Å². The first-order chi connectivity index (χ1) is 10.7. The van der Waals surface area contributed by atoms with Crippen LogP contribution in [0.3, 0.4) is 0 Å². The Morgan fingerprint density at radius 3 is 2.77 bits per heavy atom. The lowest BCUT2D eigenvalue weighted by atomic mass is 10.1. The van der Waals surface area contributed by atoms with Gasteiger partial charge >= 0.3 is 0 Å². The Morgan fingerprint density at radius 1 is 1.23 bits per heavy atom. The summed E-state index contributed by atoms with van der Waals surface area (Å²) in [5, 5.41) is 1.99. The number of amides is 1. The molecule has 1 aromatic heterocycles. The van der Waals surface area contributed by atoms with Crippen LogP contribution in [0.2, 0.25) is 0 Å². The van der Waals surface area contributed by atoms with Crippen LogP contribution in [0.5, 0.6) is 11.5 Å². The number of nitrogens with zero attached hydrogens (tertiary/aromatic N) is 1. The average molecular weight is 335 g/mol. The van der Waals surface area contributed by atoms with E-state index in [2.05, 4.69) is 6.07 Å². The van der Waals surface area contributed by atoms with Gasteiger partial charge in [-0.1, -0.05) is 18.2 Å². The summed E-state index contributed by atoms with van der Waals surface area (Å²) in [6.07, 6.45) is 0. The summed E-state index contributed by atoms with van der Waals surface area (Å²) in [5.74, 6) is 2.05. The molecule has 22 heavy (non-hydrogen) atoms. The number of carbonyl (C=O) groups excluding carboxylic acids is 1. The van der Waals surface area contributed by atoms with Gasteiger partial charge < -0.3 is 14.4 Å². The highest BCUT2D eigenvalue weighted by Gasteiger charge is 2.35. The van der Waals surface area contributed by atoms with E-state index in [1.165, 1.54) is 4.88 Å². The predicted octanol–water partition coefficient (Wildman–Crippen LogP) is 3.54. The van der Waals surface area contributed by atoms with Gasteiger partial charge in [-0.2, -0.15) is 0 Å². The van der Waals surface area contributed by atoms with E-state index in [9.17, 15) is 4.79 Å². The van der Waals surface area contributed by atoms with Crippen LogP contribution < -0.4 is 9.47 Å². The molecule has 2 aromatic rings. The summed E-state index contributed by atoms with van der Waals surface area (Å²) in [4.78, 5) is 15.4. The van der Waals surface area contributed by atoms with Gasteiger partial charge in [-0.15, -0.1) is 23.1 Å². The molecule has 0 spiro atoms. The first-order valence-corrected chi connectivity index (χ1v) is 8.81. The van der Waals surface area contributed by atoms with E-state index in [0.29, 0.717) is 23.8 Å². The van der Waals surface area contributed by atoms with Crippen molar-refractivity contribution < 1.29 is 14.3 Å². The molecular weight excluding hydrogens is 318 g/mol. The molecule has 1 aromatic carbocycles. The van der Waals surface area contributed by atoms with Crippen molar-refractivity contribution in [3.63, 3.8) is 0 Å². The smallest absolute Gasteiger partial charge is 0.234 e. The van der Waals surface area contributed by atoms with Gasteiger partial charge in [0, 0.05) is 10.4 Å². The highest BCUT2D eigenvalue weighted by atomic mass is 32.2. The summed E-state index contributed by atoms with van der Waals surface area (Å²) < 4.78 is 10.9. The Hall–Kier alpha value is -1.66. The fourth-order valence-electron chi connectivity index (χ4n) is 2.56. The SMILES string of the molecule is COc1cccc(C2SCC(=O)N2Cc2cccs2)c1OC.